The number of carbonyl (C=O) groups is 2. The average molecular weight is 363 g/mol. The lowest BCUT2D eigenvalue weighted by atomic mass is 10.1. The van der Waals surface area contributed by atoms with Crippen molar-refractivity contribution in [3.63, 3.8) is 0 Å². The molecule has 2 aromatic rings. The highest BCUT2D eigenvalue weighted by Crippen LogP contribution is 2.17. The first-order valence-electron chi connectivity index (χ1n) is 9.04. The Labute approximate surface area is 160 Å². The summed E-state index contributed by atoms with van der Waals surface area (Å²) in [6.07, 6.45) is 0.241. The van der Waals surface area contributed by atoms with Gasteiger partial charge in [0, 0.05) is 38.2 Å². The lowest BCUT2D eigenvalue weighted by molar-refractivity contribution is -0.133. The fourth-order valence-corrected chi connectivity index (χ4v) is 2.87. The number of hydrogen-bond acceptors (Lipinski definition) is 3. The van der Waals surface area contributed by atoms with Gasteiger partial charge in [-0.3, -0.25) is 9.59 Å². The molecule has 2 amide bonds. The third-order valence-electron chi connectivity index (χ3n) is 4.38. The monoisotopic (exact) mass is 363 g/mol. The average Bonchev–Trinajstić information content (AvgIpc) is 2.67. The van der Waals surface area contributed by atoms with Gasteiger partial charge < -0.3 is 9.80 Å². The minimum absolute atomic E-state index is 0.00810. The van der Waals surface area contributed by atoms with Crippen LogP contribution in [0.25, 0.3) is 0 Å². The summed E-state index contributed by atoms with van der Waals surface area (Å²) in [6.45, 7) is 6.31. The fourth-order valence-electron chi connectivity index (χ4n) is 2.87. The second kappa shape index (κ2) is 9.54. The van der Waals surface area contributed by atoms with E-state index >= 15 is 0 Å². The van der Waals surface area contributed by atoms with Crippen molar-refractivity contribution < 1.29 is 9.59 Å². The van der Waals surface area contributed by atoms with Crippen LogP contribution in [0.4, 0.5) is 5.69 Å². The Morgan fingerprint density at radius 3 is 2.19 bits per heavy atom. The molecule has 0 fully saturated rings. The van der Waals surface area contributed by atoms with Crippen LogP contribution in [0.15, 0.2) is 54.6 Å². The van der Waals surface area contributed by atoms with E-state index < -0.39 is 0 Å². The summed E-state index contributed by atoms with van der Waals surface area (Å²) in [7, 11) is 0. The van der Waals surface area contributed by atoms with Crippen LogP contribution in [-0.4, -0.2) is 29.3 Å². The minimum atomic E-state index is -0.133. The number of nitriles is 1. The van der Waals surface area contributed by atoms with Crippen LogP contribution in [0.5, 0.6) is 0 Å². The van der Waals surface area contributed by atoms with E-state index in [1.807, 2.05) is 49.1 Å². The number of benzene rings is 2. The molecule has 140 valence electrons. The molecule has 0 aliphatic heterocycles. The lowest BCUT2D eigenvalue weighted by Crippen LogP contribution is -2.39. The predicted octanol–water partition coefficient (Wildman–Crippen LogP) is 3.74. The van der Waals surface area contributed by atoms with Gasteiger partial charge in [-0.25, -0.2) is 0 Å². The van der Waals surface area contributed by atoms with E-state index in [0.29, 0.717) is 24.3 Å². The molecule has 2 rings (SSSR count). The van der Waals surface area contributed by atoms with E-state index in [1.165, 1.54) is 6.92 Å². The van der Waals surface area contributed by atoms with Crippen LogP contribution in [-0.2, 0) is 16.1 Å². The number of anilines is 1. The highest BCUT2D eigenvalue weighted by molar-refractivity contribution is 5.92. The molecule has 0 bridgehead atoms. The number of carbonyl (C=O) groups excluding carboxylic acids is 2. The molecule has 0 aliphatic carbocycles. The zero-order chi connectivity index (χ0) is 19.8. The first-order valence-corrected chi connectivity index (χ1v) is 9.04. The van der Waals surface area contributed by atoms with Gasteiger partial charge in [0.05, 0.1) is 11.6 Å². The largest absolute Gasteiger partial charge is 0.336 e. The van der Waals surface area contributed by atoms with Crippen LogP contribution in [0, 0.1) is 11.3 Å². The van der Waals surface area contributed by atoms with Crippen molar-refractivity contribution in [2.75, 3.05) is 11.4 Å². The zero-order valence-corrected chi connectivity index (χ0v) is 16.1. The quantitative estimate of drug-likeness (QED) is 0.753. The highest BCUT2D eigenvalue weighted by atomic mass is 16.2. The van der Waals surface area contributed by atoms with Crippen LogP contribution in [0.2, 0.25) is 0 Å². The Balaban J connectivity index is 2.06. The Morgan fingerprint density at radius 1 is 1.04 bits per heavy atom. The van der Waals surface area contributed by atoms with E-state index in [0.717, 1.165) is 5.56 Å². The van der Waals surface area contributed by atoms with E-state index in [-0.39, 0.29) is 24.3 Å². The number of amides is 2. The van der Waals surface area contributed by atoms with Crippen molar-refractivity contribution in [2.24, 2.45) is 0 Å². The van der Waals surface area contributed by atoms with E-state index in [2.05, 4.69) is 6.07 Å². The lowest BCUT2D eigenvalue weighted by Gasteiger charge is -2.28. The molecule has 0 unspecified atom stereocenters. The van der Waals surface area contributed by atoms with Gasteiger partial charge in [-0.1, -0.05) is 30.3 Å². The van der Waals surface area contributed by atoms with Crippen molar-refractivity contribution >= 4 is 17.5 Å². The molecule has 0 N–H and O–H groups in total. The van der Waals surface area contributed by atoms with Gasteiger partial charge in [0.2, 0.25) is 11.8 Å². The molecule has 0 aromatic heterocycles. The Hall–Kier alpha value is -3.13. The van der Waals surface area contributed by atoms with Gasteiger partial charge >= 0.3 is 0 Å². The third-order valence-corrected chi connectivity index (χ3v) is 4.38. The smallest absolute Gasteiger partial charge is 0.224 e. The van der Waals surface area contributed by atoms with E-state index in [9.17, 15) is 9.59 Å². The summed E-state index contributed by atoms with van der Waals surface area (Å²) in [5.74, 6) is -0.125. The van der Waals surface area contributed by atoms with Crippen molar-refractivity contribution in [3.8, 4) is 6.07 Å². The number of rotatable bonds is 7. The molecule has 0 saturated heterocycles. The zero-order valence-electron chi connectivity index (χ0n) is 16.1. The second-order valence-electron chi connectivity index (χ2n) is 6.68. The van der Waals surface area contributed by atoms with E-state index in [4.69, 9.17) is 5.26 Å². The van der Waals surface area contributed by atoms with Crippen LogP contribution in [0.1, 0.15) is 38.3 Å². The topological polar surface area (TPSA) is 64.4 Å². The molecular formula is C22H25N3O2. The highest BCUT2D eigenvalue weighted by Gasteiger charge is 2.20. The molecular weight excluding hydrogens is 338 g/mol. The Bertz CT molecular complexity index is 808. The standard InChI is InChI=1S/C22H25N3O2/c1-17(2)25(16-20-7-5-4-6-8-20)22(27)13-14-24(18(3)26)21-11-9-19(15-23)10-12-21/h4-12,17H,13-14,16H2,1-3H3. The Kier molecular flexibility index (Phi) is 7.13. The van der Waals surface area contributed by atoms with Crippen LogP contribution < -0.4 is 4.90 Å². The molecule has 2 aromatic carbocycles. The Morgan fingerprint density at radius 2 is 1.67 bits per heavy atom. The second-order valence-corrected chi connectivity index (χ2v) is 6.68. The maximum atomic E-state index is 12.8. The summed E-state index contributed by atoms with van der Waals surface area (Å²) in [6, 6.07) is 18.8. The summed E-state index contributed by atoms with van der Waals surface area (Å²) >= 11 is 0. The SMILES string of the molecule is CC(=O)N(CCC(=O)N(Cc1ccccc1)C(C)C)c1ccc(C#N)cc1. The van der Waals surface area contributed by atoms with Crippen LogP contribution >= 0.6 is 0 Å². The van der Waals surface area contributed by atoms with Crippen molar-refractivity contribution in [2.45, 2.75) is 39.8 Å². The van der Waals surface area contributed by atoms with Gasteiger partial charge in [0.25, 0.3) is 0 Å². The maximum absolute atomic E-state index is 12.8. The van der Waals surface area contributed by atoms with Crippen molar-refractivity contribution in [1.82, 2.24) is 4.90 Å². The van der Waals surface area contributed by atoms with Gasteiger partial charge in [-0.05, 0) is 43.7 Å². The number of hydrogen-bond donors (Lipinski definition) is 0. The molecule has 5 nitrogen and oxygen atoms in total. The predicted molar refractivity (Wildman–Crippen MR) is 106 cm³/mol. The molecule has 0 atom stereocenters. The molecule has 0 spiro atoms. The minimum Gasteiger partial charge on any atom is -0.336 e. The summed E-state index contributed by atoms with van der Waals surface area (Å²) in [5.41, 5.74) is 2.30. The summed E-state index contributed by atoms with van der Waals surface area (Å²) < 4.78 is 0. The molecule has 27 heavy (non-hydrogen) atoms. The molecule has 0 saturated carbocycles. The van der Waals surface area contributed by atoms with Crippen LogP contribution in [0.3, 0.4) is 0 Å². The maximum Gasteiger partial charge on any atom is 0.224 e. The molecule has 0 heterocycles. The van der Waals surface area contributed by atoms with Gasteiger partial charge in [-0.2, -0.15) is 5.26 Å². The third kappa shape index (κ3) is 5.68. The van der Waals surface area contributed by atoms with Gasteiger partial charge in [-0.15, -0.1) is 0 Å². The molecule has 5 heteroatoms. The first kappa shape index (κ1) is 20.2. The van der Waals surface area contributed by atoms with Gasteiger partial charge in [0.15, 0.2) is 0 Å². The summed E-state index contributed by atoms with van der Waals surface area (Å²) in [4.78, 5) is 28.2. The molecule has 0 radical (unpaired) electrons. The van der Waals surface area contributed by atoms with Crippen molar-refractivity contribution in [1.29, 1.82) is 5.26 Å². The van der Waals surface area contributed by atoms with Gasteiger partial charge in [0.1, 0.15) is 0 Å². The summed E-state index contributed by atoms with van der Waals surface area (Å²) in [5, 5.41) is 8.91. The normalized spacial score (nSPS) is 10.3. The van der Waals surface area contributed by atoms with E-state index in [1.54, 1.807) is 29.2 Å². The first-order chi connectivity index (χ1) is 12.9. The fraction of sp³-hybridized carbons (Fsp3) is 0.318. The molecule has 0 aliphatic rings. The number of nitrogens with zero attached hydrogens (tertiary/aromatic N) is 3. The van der Waals surface area contributed by atoms with Crippen molar-refractivity contribution in [3.05, 3.63) is 65.7 Å².